The van der Waals surface area contributed by atoms with E-state index in [1.54, 1.807) is 11.0 Å². The van der Waals surface area contributed by atoms with Crippen molar-refractivity contribution in [1.82, 2.24) is 10.2 Å². The van der Waals surface area contributed by atoms with E-state index in [0.29, 0.717) is 23.7 Å². The molecular weight excluding hydrogens is 496 g/mol. The molecule has 0 radical (unpaired) electrons. The number of rotatable bonds is 11. The molecule has 2 amide bonds. The summed E-state index contributed by atoms with van der Waals surface area (Å²) < 4.78 is 6.05. The van der Waals surface area contributed by atoms with Crippen molar-refractivity contribution >= 4 is 34.2 Å². The van der Waals surface area contributed by atoms with Crippen molar-refractivity contribution in [2.45, 2.75) is 32.9 Å². The number of nitrogens with zero attached hydrogens (tertiary/aromatic N) is 1. The minimum absolute atomic E-state index is 0.192. The lowest BCUT2D eigenvalue weighted by Gasteiger charge is -2.32. The quantitative estimate of drug-likeness (QED) is 0.249. The van der Waals surface area contributed by atoms with Gasteiger partial charge in [0, 0.05) is 29.9 Å². The second-order valence-corrected chi connectivity index (χ2v) is 10.2. The Labute approximate surface area is 229 Å². The molecule has 0 aliphatic heterocycles. The lowest BCUT2D eigenvalue weighted by Crippen LogP contribution is -2.52. The fourth-order valence-corrected chi connectivity index (χ4v) is 4.57. The zero-order chi connectivity index (χ0) is 26.9. The maximum absolute atomic E-state index is 13.8. The van der Waals surface area contributed by atoms with Crippen molar-refractivity contribution in [3.63, 3.8) is 0 Å². The third kappa shape index (κ3) is 7.36. The smallest absolute Gasteiger partial charge is 0.261 e. The lowest BCUT2D eigenvalue weighted by molar-refractivity contribution is -0.142. The number of hydrogen-bond acceptors (Lipinski definition) is 3. The van der Waals surface area contributed by atoms with Gasteiger partial charge in [-0.15, -0.1) is 0 Å². The molecule has 0 aliphatic carbocycles. The molecule has 0 saturated heterocycles. The van der Waals surface area contributed by atoms with Gasteiger partial charge in [0.15, 0.2) is 6.61 Å². The van der Waals surface area contributed by atoms with Gasteiger partial charge < -0.3 is 15.0 Å². The van der Waals surface area contributed by atoms with Crippen molar-refractivity contribution in [3.05, 3.63) is 113 Å². The van der Waals surface area contributed by atoms with Crippen LogP contribution >= 0.6 is 11.6 Å². The van der Waals surface area contributed by atoms with E-state index >= 15 is 0 Å². The van der Waals surface area contributed by atoms with Crippen molar-refractivity contribution in [3.8, 4) is 5.75 Å². The highest BCUT2D eigenvalue weighted by Crippen LogP contribution is 2.25. The number of carbonyl (C=O) groups excluding carboxylic acids is 2. The van der Waals surface area contributed by atoms with Crippen LogP contribution in [0.15, 0.2) is 97.1 Å². The monoisotopic (exact) mass is 528 g/mol. The number of ether oxygens (including phenoxy) is 1. The molecular formula is C32H33ClN2O3. The lowest BCUT2D eigenvalue weighted by atomic mass is 10.0. The molecule has 1 atom stereocenters. The first-order valence-electron chi connectivity index (χ1n) is 12.9. The number of fused-ring (bicyclic) bond motifs is 1. The van der Waals surface area contributed by atoms with Crippen LogP contribution in [0.2, 0.25) is 5.02 Å². The van der Waals surface area contributed by atoms with Gasteiger partial charge >= 0.3 is 0 Å². The molecule has 5 nitrogen and oxygen atoms in total. The summed E-state index contributed by atoms with van der Waals surface area (Å²) in [5, 5.41) is 5.57. The van der Waals surface area contributed by atoms with E-state index in [1.165, 1.54) is 0 Å². The van der Waals surface area contributed by atoms with Gasteiger partial charge in [-0.2, -0.15) is 0 Å². The Morgan fingerprint density at radius 3 is 2.32 bits per heavy atom. The summed E-state index contributed by atoms with van der Waals surface area (Å²) in [5.74, 6) is 0.438. The van der Waals surface area contributed by atoms with Crippen LogP contribution in [-0.4, -0.2) is 35.9 Å². The van der Waals surface area contributed by atoms with E-state index < -0.39 is 6.04 Å². The van der Waals surface area contributed by atoms with Crippen LogP contribution in [0.25, 0.3) is 10.8 Å². The summed E-state index contributed by atoms with van der Waals surface area (Å²) >= 11 is 6.25. The van der Waals surface area contributed by atoms with Gasteiger partial charge in [0.25, 0.3) is 5.91 Å². The SMILES string of the molecule is CC(C)CNC(=O)[C@@H](Cc1ccccc1)N(Cc1cccc(Cl)c1)C(=O)COc1cccc2ccccc12. The number of nitrogens with one attached hydrogen (secondary N) is 1. The molecule has 1 N–H and O–H groups in total. The standard InChI is InChI=1S/C32H33ClN2O3/c1-23(2)20-34-32(37)29(19-24-10-4-3-5-11-24)35(21-25-12-8-15-27(33)18-25)31(36)22-38-30-17-9-14-26-13-6-7-16-28(26)30/h3-18,23,29H,19-22H2,1-2H3,(H,34,37)/t29-/m1/s1. The molecule has 0 saturated carbocycles. The summed E-state index contributed by atoms with van der Waals surface area (Å²) in [5.41, 5.74) is 1.81. The Kier molecular flexibility index (Phi) is 9.39. The van der Waals surface area contributed by atoms with E-state index in [2.05, 4.69) is 5.32 Å². The highest BCUT2D eigenvalue weighted by molar-refractivity contribution is 6.30. The van der Waals surface area contributed by atoms with E-state index in [9.17, 15) is 9.59 Å². The fraction of sp³-hybridized carbons (Fsp3) is 0.250. The van der Waals surface area contributed by atoms with E-state index in [4.69, 9.17) is 16.3 Å². The van der Waals surface area contributed by atoms with Crippen molar-refractivity contribution < 1.29 is 14.3 Å². The maximum Gasteiger partial charge on any atom is 0.261 e. The molecule has 4 aromatic carbocycles. The highest BCUT2D eigenvalue weighted by Gasteiger charge is 2.31. The van der Waals surface area contributed by atoms with Gasteiger partial charge in [0.05, 0.1) is 0 Å². The first-order valence-corrected chi connectivity index (χ1v) is 13.2. The van der Waals surface area contributed by atoms with E-state index in [1.807, 2.05) is 105 Å². The summed E-state index contributed by atoms with van der Waals surface area (Å²) in [6.07, 6.45) is 0.380. The largest absolute Gasteiger partial charge is 0.483 e. The van der Waals surface area contributed by atoms with Crippen LogP contribution in [0.1, 0.15) is 25.0 Å². The van der Waals surface area contributed by atoms with Gasteiger partial charge in [-0.25, -0.2) is 0 Å². The van der Waals surface area contributed by atoms with Crippen LogP contribution in [0.5, 0.6) is 5.75 Å². The normalized spacial score (nSPS) is 11.8. The molecule has 196 valence electrons. The third-order valence-electron chi connectivity index (χ3n) is 6.30. The van der Waals surface area contributed by atoms with E-state index in [-0.39, 0.29) is 30.9 Å². The Hall–Kier alpha value is -3.83. The Morgan fingerprint density at radius 1 is 0.868 bits per heavy atom. The molecule has 0 aromatic heterocycles. The summed E-state index contributed by atoms with van der Waals surface area (Å²) in [6, 6.07) is 30.0. The Morgan fingerprint density at radius 2 is 1.55 bits per heavy atom. The molecule has 0 unspecified atom stereocenters. The summed E-state index contributed by atoms with van der Waals surface area (Å²) in [4.78, 5) is 28.9. The topological polar surface area (TPSA) is 58.6 Å². The van der Waals surface area contributed by atoms with Gasteiger partial charge in [-0.05, 0) is 40.6 Å². The zero-order valence-corrected chi connectivity index (χ0v) is 22.5. The summed E-state index contributed by atoms with van der Waals surface area (Å²) in [6.45, 7) is 4.64. The second kappa shape index (κ2) is 13.1. The predicted octanol–water partition coefficient (Wildman–Crippen LogP) is 6.28. The molecule has 0 aliphatic rings. The molecule has 0 bridgehead atoms. The van der Waals surface area contributed by atoms with Crippen LogP contribution in [0, 0.1) is 5.92 Å². The first-order chi connectivity index (χ1) is 18.4. The molecule has 4 rings (SSSR count). The molecule has 4 aromatic rings. The molecule has 0 fully saturated rings. The zero-order valence-electron chi connectivity index (χ0n) is 21.8. The fourth-order valence-electron chi connectivity index (χ4n) is 4.35. The highest BCUT2D eigenvalue weighted by atomic mass is 35.5. The van der Waals surface area contributed by atoms with Gasteiger partial charge in [-0.1, -0.05) is 104 Å². The Balaban J connectivity index is 1.64. The molecule has 6 heteroatoms. The van der Waals surface area contributed by atoms with E-state index in [0.717, 1.165) is 21.9 Å². The van der Waals surface area contributed by atoms with Gasteiger partial charge in [-0.3, -0.25) is 9.59 Å². The van der Waals surface area contributed by atoms with Crippen LogP contribution in [0.3, 0.4) is 0 Å². The first kappa shape index (κ1) is 27.2. The van der Waals surface area contributed by atoms with Crippen LogP contribution in [-0.2, 0) is 22.6 Å². The van der Waals surface area contributed by atoms with Crippen LogP contribution in [0.4, 0.5) is 0 Å². The average Bonchev–Trinajstić information content (AvgIpc) is 2.93. The third-order valence-corrected chi connectivity index (χ3v) is 6.53. The molecule has 0 heterocycles. The average molecular weight is 529 g/mol. The predicted molar refractivity (Wildman–Crippen MR) is 153 cm³/mol. The van der Waals surface area contributed by atoms with Gasteiger partial charge in [0.1, 0.15) is 11.8 Å². The number of amides is 2. The van der Waals surface area contributed by atoms with Crippen LogP contribution < -0.4 is 10.1 Å². The number of benzene rings is 4. The van der Waals surface area contributed by atoms with Crippen molar-refractivity contribution in [2.24, 2.45) is 5.92 Å². The minimum Gasteiger partial charge on any atom is -0.483 e. The minimum atomic E-state index is -0.723. The van der Waals surface area contributed by atoms with Gasteiger partial charge in [0.2, 0.25) is 5.91 Å². The second-order valence-electron chi connectivity index (χ2n) is 9.76. The number of hydrogen-bond donors (Lipinski definition) is 1. The summed E-state index contributed by atoms with van der Waals surface area (Å²) in [7, 11) is 0. The Bertz CT molecular complexity index is 1370. The van der Waals surface area contributed by atoms with Crippen molar-refractivity contribution in [2.75, 3.05) is 13.2 Å². The molecule has 0 spiro atoms. The number of carbonyl (C=O) groups is 2. The molecule has 38 heavy (non-hydrogen) atoms. The van der Waals surface area contributed by atoms with Crippen molar-refractivity contribution in [1.29, 1.82) is 0 Å². The number of halogens is 1. The maximum atomic E-state index is 13.8.